The van der Waals surface area contributed by atoms with E-state index in [1.807, 2.05) is 19.1 Å². The summed E-state index contributed by atoms with van der Waals surface area (Å²) in [6, 6.07) is 13.3. The van der Waals surface area contributed by atoms with Gasteiger partial charge in [-0.3, -0.25) is 4.79 Å². The lowest BCUT2D eigenvalue weighted by molar-refractivity contribution is -0.124. The molecule has 23 heavy (non-hydrogen) atoms. The molecule has 0 aliphatic heterocycles. The molecule has 1 amide bonds. The van der Waals surface area contributed by atoms with Crippen LogP contribution in [0.15, 0.2) is 48.5 Å². The first kappa shape index (κ1) is 17.3. The minimum absolute atomic E-state index is 0.218. The Morgan fingerprint density at radius 1 is 1.09 bits per heavy atom. The Labute approximate surface area is 144 Å². The molecule has 0 heterocycles. The molecule has 0 spiro atoms. The first-order chi connectivity index (χ1) is 11.0. The zero-order valence-electron chi connectivity index (χ0n) is 12.4. The van der Waals surface area contributed by atoms with Crippen LogP contribution in [0.1, 0.15) is 28.9 Å². The van der Waals surface area contributed by atoms with Gasteiger partial charge in [0.15, 0.2) is 6.61 Å². The molecule has 1 atom stereocenters. The average molecular weight is 352 g/mol. The lowest BCUT2D eigenvalue weighted by Crippen LogP contribution is -2.31. The van der Waals surface area contributed by atoms with Gasteiger partial charge in [-0.15, -0.1) is 0 Å². The Balaban J connectivity index is 1.85. The van der Waals surface area contributed by atoms with Crippen molar-refractivity contribution in [2.45, 2.75) is 13.0 Å². The lowest BCUT2D eigenvalue weighted by Gasteiger charge is -2.14. The highest BCUT2D eigenvalue weighted by Gasteiger charge is 2.13. The van der Waals surface area contributed by atoms with E-state index in [9.17, 15) is 9.59 Å². The number of amides is 1. The zero-order chi connectivity index (χ0) is 16.8. The van der Waals surface area contributed by atoms with E-state index in [1.165, 1.54) is 6.07 Å². The number of halogens is 2. The number of carbonyl (C=O) groups excluding carboxylic acids is 2. The van der Waals surface area contributed by atoms with Crippen LogP contribution in [0.25, 0.3) is 0 Å². The molecule has 120 valence electrons. The summed E-state index contributed by atoms with van der Waals surface area (Å²) in [6.45, 7) is 1.48. The summed E-state index contributed by atoms with van der Waals surface area (Å²) in [5.41, 5.74) is 1.21. The number of benzene rings is 2. The van der Waals surface area contributed by atoms with Crippen LogP contribution in [0.5, 0.6) is 0 Å². The molecule has 0 saturated heterocycles. The van der Waals surface area contributed by atoms with Crippen molar-refractivity contribution in [1.82, 2.24) is 5.32 Å². The second-order valence-electron chi connectivity index (χ2n) is 4.93. The molecule has 0 unspecified atom stereocenters. The minimum atomic E-state index is -0.596. The second-order valence-corrected chi connectivity index (χ2v) is 5.80. The summed E-state index contributed by atoms with van der Waals surface area (Å²) in [4.78, 5) is 23.7. The van der Waals surface area contributed by atoms with Crippen molar-refractivity contribution in [2.75, 3.05) is 6.61 Å². The van der Waals surface area contributed by atoms with Gasteiger partial charge >= 0.3 is 5.97 Å². The normalized spacial score (nSPS) is 11.6. The van der Waals surface area contributed by atoms with E-state index in [0.717, 1.165) is 5.56 Å². The third-order valence-corrected chi connectivity index (χ3v) is 3.63. The third-order valence-electron chi connectivity index (χ3n) is 3.14. The fourth-order valence-electron chi connectivity index (χ4n) is 1.95. The van der Waals surface area contributed by atoms with Crippen LogP contribution in [0.2, 0.25) is 10.0 Å². The van der Waals surface area contributed by atoms with E-state index in [1.54, 1.807) is 30.3 Å². The first-order valence-electron chi connectivity index (χ1n) is 6.93. The molecule has 4 nitrogen and oxygen atoms in total. The Morgan fingerprint density at radius 3 is 2.43 bits per heavy atom. The molecule has 6 heteroatoms. The van der Waals surface area contributed by atoms with Gasteiger partial charge in [0.25, 0.3) is 5.91 Å². The molecule has 0 aromatic heterocycles. The average Bonchev–Trinajstić information content (AvgIpc) is 2.53. The smallest absolute Gasteiger partial charge is 0.338 e. The van der Waals surface area contributed by atoms with Gasteiger partial charge in [-0.2, -0.15) is 0 Å². The molecule has 2 rings (SSSR count). The first-order valence-corrected chi connectivity index (χ1v) is 7.69. The predicted molar refractivity (Wildman–Crippen MR) is 89.7 cm³/mol. The molecule has 0 radical (unpaired) electrons. The molecular formula is C17H15Cl2NO3. The summed E-state index contributed by atoms with van der Waals surface area (Å²) < 4.78 is 4.97. The molecule has 0 aliphatic carbocycles. The van der Waals surface area contributed by atoms with E-state index in [2.05, 4.69) is 5.32 Å². The molecule has 1 N–H and O–H groups in total. The molecule has 2 aromatic carbocycles. The number of rotatable bonds is 5. The fraction of sp³-hybridized carbons (Fsp3) is 0.176. The monoisotopic (exact) mass is 351 g/mol. The maximum absolute atomic E-state index is 11.9. The van der Waals surface area contributed by atoms with Gasteiger partial charge in [-0.1, -0.05) is 41.4 Å². The number of hydrogen-bond acceptors (Lipinski definition) is 3. The molecule has 2 aromatic rings. The Kier molecular flexibility index (Phi) is 6.02. The van der Waals surface area contributed by atoms with E-state index in [-0.39, 0.29) is 18.6 Å². The van der Waals surface area contributed by atoms with Crippen LogP contribution >= 0.6 is 23.2 Å². The van der Waals surface area contributed by atoms with Gasteiger partial charge in [0.05, 0.1) is 11.6 Å². The van der Waals surface area contributed by atoms with Crippen LogP contribution in [-0.2, 0) is 9.53 Å². The van der Waals surface area contributed by atoms with Gasteiger partial charge in [0.1, 0.15) is 0 Å². The Morgan fingerprint density at radius 2 is 1.78 bits per heavy atom. The highest BCUT2D eigenvalue weighted by Crippen LogP contribution is 2.16. The minimum Gasteiger partial charge on any atom is -0.452 e. The Bertz CT molecular complexity index is 701. The predicted octanol–water partition coefficient (Wildman–Crippen LogP) is 4.03. The van der Waals surface area contributed by atoms with Crippen molar-refractivity contribution in [3.8, 4) is 0 Å². The van der Waals surface area contributed by atoms with Crippen LogP contribution in [0.4, 0.5) is 0 Å². The van der Waals surface area contributed by atoms with Crippen LogP contribution < -0.4 is 5.32 Å². The van der Waals surface area contributed by atoms with E-state index < -0.39 is 5.97 Å². The zero-order valence-corrected chi connectivity index (χ0v) is 13.9. The Hall–Kier alpha value is -2.04. The summed E-state index contributed by atoms with van der Waals surface area (Å²) >= 11 is 11.6. The molecule has 0 aliphatic rings. The summed E-state index contributed by atoms with van der Waals surface area (Å²) in [5.74, 6) is -0.982. The molecule has 0 fully saturated rings. The number of ether oxygens (including phenoxy) is 1. The van der Waals surface area contributed by atoms with Gasteiger partial charge in [0.2, 0.25) is 0 Å². The van der Waals surface area contributed by atoms with Crippen molar-refractivity contribution in [1.29, 1.82) is 0 Å². The standard InChI is InChI=1S/C17H15Cl2NO3/c1-11(12-5-7-14(18)8-6-12)20-16(21)10-23-17(22)13-3-2-4-15(19)9-13/h2-9,11H,10H2,1H3,(H,20,21)/t11-/m0/s1. The van der Waals surface area contributed by atoms with Crippen molar-refractivity contribution in [3.05, 3.63) is 69.7 Å². The number of carbonyl (C=O) groups is 2. The highest BCUT2D eigenvalue weighted by atomic mass is 35.5. The molecule has 0 saturated carbocycles. The van der Waals surface area contributed by atoms with Gasteiger partial charge in [-0.05, 0) is 42.8 Å². The second kappa shape index (κ2) is 7.99. The topological polar surface area (TPSA) is 55.4 Å². The quantitative estimate of drug-likeness (QED) is 0.827. The number of esters is 1. The van der Waals surface area contributed by atoms with Crippen LogP contribution in [0, 0.1) is 0 Å². The van der Waals surface area contributed by atoms with E-state index in [0.29, 0.717) is 15.6 Å². The fourth-order valence-corrected chi connectivity index (χ4v) is 2.26. The maximum atomic E-state index is 11.9. The van der Waals surface area contributed by atoms with E-state index >= 15 is 0 Å². The molecular weight excluding hydrogens is 337 g/mol. The molecule has 0 bridgehead atoms. The van der Waals surface area contributed by atoms with Crippen molar-refractivity contribution in [3.63, 3.8) is 0 Å². The van der Waals surface area contributed by atoms with Crippen molar-refractivity contribution >= 4 is 35.1 Å². The largest absolute Gasteiger partial charge is 0.452 e. The van der Waals surface area contributed by atoms with E-state index in [4.69, 9.17) is 27.9 Å². The van der Waals surface area contributed by atoms with Crippen LogP contribution in [0.3, 0.4) is 0 Å². The van der Waals surface area contributed by atoms with Crippen molar-refractivity contribution < 1.29 is 14.3 Å². The van der Waals surface area contributed by atoms with Crippen LogP contribution in [-0.4, -0.2) is 18.5 Å². The summed E-state index contributed by atoms with van der Waals surface area (Å²) in [6.07, 6.45) is 0. The van der Waals surface area contributed by atoms with Gasteiger partial charge < -0.3 is 10.1 Å². The third kappa shape index (κ3) is 5.27. The summed E-state index contributed by atoms with van der Waals surface area (Å²) in [7, 11) is 0. The SMILES string of the molecule is C[C@H](NC(=O)COC(=O)c1cccc(Cl)c1)c1ccc(Cl)cc1. The lowest BCUT2D eigenvalue weighted by atomic mass is 10.1. The number of nitrogens with one attached hydrogen (secondary N) is 1. The number of hydrogen-bond donors (Lipinski definition) is 1. The highest BCUT2D eigenvalue weighted by molar-refractivity contribution is 6.31. The van der Waals surface area contributed by atoms with Gasteiger partial charge in [0, 0.05) is 10.0 Å². The van der Waals surface area contributed by atoms with Crippen molar-refractivity contribution in [2.24, 2.45) is 0 Å². The van der Waals surface area contributed by atoms with Gasteiger partial charge in [-0.25, -0.2) is 4.79 Å². The maximum Gasteiger partial charge on any atom is 0.338 e. The summed E-state index contributed by atoms with van der Waals surface area (Å²) in [5, 5.41) is 3.81.